The third kappa shape index (κ3) is 11.7. The van der Waals surface area contributed by atoms with E-state index in [9.17, 15) is 0 Å². The molecule has 1 unspecified atom stereocenters. The molecule has 1 saturated carbocycles. The second kappa shape index (κ2) is 16.6. The zero-order chi connectivity index (χ0) is 21.4. The first-order chi connectivity index (χ1) is 13.3. The Balaban J connectivity index is 0.000000521. The highest BCUT2D eigenvalue weighted by Crippen LogP contribution is 2.35. The molecule has 170 valence electrons. The highest BCUT2D eigenvalue weighted by Gasteiger charge is 2.34. The van der Waals surface area contributed by atoms with Gasteiger partial charge in [-0.1, -0.05) is 59.8 Å². The minimum absolute atomic E-state index is 0.178. The van der Waals surface area contributed by atoms with Crippen molar-refractivity contribution in [2.75, 3.05) is 48.3 Å². The topological polar surface area (TPSA) is 36.9 Å². The molecule has 0 saturated heterocycles. The minimum atomic E-state index is 0.178. The Kier molecular flexibility index (Phi) is 16.5. The van der Waals surface area contributed by atoms with Gasteiger partial charge in [0.05, 0.1) is 19.3 Å². The molecule has 1 rings (SSSR count). The first-order valence-corrected chi connectivity index (χ1v) is 11.3. The van der Waals surface area contributed by atoms with Crippen LogP contribution in [0.5, 0.6) is 0 Å². The lowest BCUT2D eigenvalue weighted by atomic mass is 9.73. The van der Waals surface area contributed by atoms with Crippen LogP contribution in [-0.2, 0) is 18.9 Å². The van der Waals surface area contributed by atoms with Crippen LogP contribution in [0.4, 0.5) is 0 Å². The minimum Gasteiger partial charge on any atom is -0.385 e. The van der Waals surface area contributed by atoms with Crippen molar-refractivity contribution in [3.8, 4) is 0 Å². The number of ether oxygens (including phenoxy) is 4. The Morgan fingerprint density at radius 3 is 1.79 bits per heavy atom. The fraction of sp³-hybridized carbons (Fsp3) is 1.00. The van der Waals surface area contributed by atoms with Crippen LogP contribution in [0.2, 0.25) is 0 Å². The summed E-state index contributed by atoms with van der Waals surface area (Å²) >= 11 is 0. The van der Waals surface area contributed by atoms with Crippen LogP contribution < -0.4 is 0 Å². The third-order valence-corrected chi connectivity index (χ3v) is 6.20. The predicted molar refractivity (Wildman–Crippen MR) is 119 cm³/mol. The molecule has 0 aromatic carbocycles. The molecule has 0 aromatic heterocycles. The van der Waals surface area contributed by atoms with Crippen molar-refractivity contribution in [1.82, 2.24) is 0 Å². The van der Waals surface area contributed by atoms with Crippen LogP contribution in [-0.4, -0.2) is 54.4 Å². The van der Waals surface area contributed by atoms with Crippen LogP contribution >= 0.6 is 0 Å². The predicted octanol–water partition coefficient (Wildman–Crippen LogP) is 5.98. The molecule has 4 heteroatoms. The summed E-state index contributed by atoms with van der Waals surface area (Å²) in [6.07, 6.45) is 11.0. The van der Waals surface area contributed by atoms with Gasteiger partial charge in [-0.2, -0.15) is 0 Å². The molecule has 0 spiro atoms. The molecule has 28 heavy (non-hydrogen) atoms. The van der Waals surface area contributed by atoms with E-state index in [0.29, 0.717) is 17.9 Å². The molecule has 0 amide bonds. The molecule has 0 bridgehead atoms. The van der Waals surface area contributed by atoms with Crippen LogP contribution in [0, 0.1) is 23.2 Å². The molecule has 0 aromatic rings. The SMILES string of the molecule is COCC(COC)(CC(C)C)C(C)C.COCCC(CC1CCCCC1)OC. The van der Waals surface area contributed by atoms with Crippen LogP contribution in [0.15, 0.2) is 0 Å². The molecule has 0 N–H and O–H groups in total. The van der Waals surface area contributed by atoms with E-state index in [-0.39, 0.29) is 5.41 Å². The van der Waals surface area contributed by atoms with E-state index in [0.717, 1.165) is 38.6 Å². The summed E-state index contributed by atoms with van der Waals surface area (Å²) in [7, 11) is 7.12. The molecule has 1 fully saturated rings. The third-order valence-electron chi connectivity index (χ3n) is 6.20. The van der Waals surface area contributed by atoms with Crippen molar-refractivity contribution in [1.29, 1.82) is 0 Å². The van der Waals surface area contributed by atoms with Crippen molar-refractivity contribution < 1.29 is 18.9 Å². The summed E-state index contributed by atoms with van der Waals surface area (Å²) in [5, 5.41) is 0. The van der Waals surface area contributed by atoms with Gasteiger partial charge in [-0.05, 0) is 37.0 Å². The smallest absolute Gasteiger partial charge is 0.0596 e. The monoisotopic (exact) mass is 402 g/mol. The van der Waals surface area contributed by atoms with E-state index in [1.807, 2.05) is 7.11 Å². The van der Waals surface area contributed by atoms with E-state index in [1.54, 1.807) is 21.3 Å². The van der Waals surface area contributed by atoms with E-state index in [2.05, 4.69) is 27.7 Å². The summed E-state index contributed by atoms with van der Waals surface area (Å²) in [4.78, 5) is 0. The van der Waals surface area contributed by atoms with Gasteiger partial charge in [0.15, 0.2) is 0 Å². The second-order valence-electron chi connectivity index (χ2n) is 9.36. The van der Waals surface area contributed by atoms with Gasteiger partial charge in [0.1, 0.15) is 0 Å². The van der Waals surface area contributed by atoms with E-state index in [1.165, 1.54) is 38.5 Å². The summed E-state index contributed by atoms with van der Waals surface area (Å²) in [6, 6.07) is 0. The standard InChI is InChI=1S/C12H24O2.C12H26O2/c1-13-9-8-12(14-2)10-11-6-4-3-5-7-11;1-10(2)7-12(8-13-5,9-14-6)11(3)4/h11-12H,3-10H2,1-2H3;10-11H,7-9H2,1-6H3. The Bertz CT molecular complexity index is 331. The highest BCUT2D eigenvalue weighted by atomic mass is 16.5. The maximum atomic E-state index is 5.48. The van der Waals surface area contributed by atoms with Crippen molar-refractivity contribution in [2.24, 2.45) is 23.2 Å². The Morgan fingerprint density at radius 2 is 1.39 bits per heavy atom. The second-order valence-corrected chi connectivity index (χ2v) is 9.36. The molecular formula is C24H50O4. The van der Waals surface area contributed by atoms with Crippen LogP contribution in [0.25, 0.3) is 0 Å². The summed E-state index contributed by atoms with van der Waals surface area (Å²) in [5.74, 6) is 2.18. The molecule has 1 aliphatic carbocycles. The molecule has 4 nitrogen and oxygen atoms in total. The maximum absolute atomic E-state index is 5.48. The lowest BCUT2D eigenvalue weighted by Crippen LogP contribution is -2.38. The van der Waals surface area contributed by atoms with E-state index < -0.39 is 0 Å². The lowest BCUT2D eigenvalue weighted by Gasteiger charge is -2.37. The average Bonchev–Trinajstić information content (AvgIpc) is 2.66. The van der Waals surface area contributed by atoms with Gasteiger partial charge in [0.25, 0.3) is 0 Å². The Labute approximate surface area is 176 Å². The molecule has 1 aliphatic rings. The van der Waals surface area contributed by atoms with Crippen molar-refractivity contribution in [2.45, 2.75) is 85.2 Å². The summed E-state index contributed by atoms with van der Waals surface area (Å²) in [6.45, 7) is 11.4. The van der Waals surface area contributed by atoms with Gasteiger partial charge in [-0.15, -0.1) is 0 Å². The lowest BCUT2D eigenvalue weighted by molar-refractivity contribution is -0.0336. The zero-order valence-corrected chi connectivity index (χ0v) is 20.2. The molecule has 0 heterocycles. The summed E-state index contributed by atoms with van der Waals surface area (Å²) in [5.41, 5.74) is 0.178. The molecule has 0 aliphatic heterocycles. The first-order valence-electron chi connectivity index (χ1n) is 11.3. The van der Waals surface area contributed by atoms with E-state index in [4.69, 9.17) is 18.9 Å². The van der Waals surface area contributed by atoms with Gasteiger partial charge >= 0.3 is 0 Å². The Hall–Kier alpha value is -0.160. The summed E-state index contributed by atoms with van der Waals surface area (Å²) < 4.78 is 21.2. The average molecular weight is 403 g/mol. The zero-order valence-electron chi connectivity index (χ0n) is 20.2. The molecule has 0 radical (unpaired) electrons. The fourth-order valence-corrected chi connectivity index (χ4v) is 4.49. The normalized spacial score (nSPS) is 16.9. The fourth-order valence-electron chi connectivity index (χ4n) is 4.49. The van der Waals surface area contributed by atoms with Gasteiger partial charge in [0.2, 0.25) is 0 Å². The molecule has 1 atom stereocenters. The molecular weight excluding hydrogens is 352 g/mol. The largest absolute Gasteiger partial charge is 0.385 e. The Morgan fingerprint density at radius 1 is 0.821 bits per heavy atom. The first kappa shape index (κ1) is 27.8. The van der Waals surface area contributed by atoms with Crippen molar-refractivity contribution in [3.63, 3.8) is 0 Å². The van der Waals surface area contributed by atoms with Crippen LogP contribution in [0.1, 0.15) is 79.1 Å². The van der Waals surface area contributed by atoms with Gasteiger partial charge in [-0.25, -0.2) is 0 Å². The van der Waals surface area contributed by atoms with Crippen LogP contribution in [0.3, 0.4) is 0 Å². The maximum Gasteiger partial charge on any atom is 0.0596 e. The number of rotatable bonds is 13. The van der Waals surface area contributed by atoms with Gasteiger partial charge < -0.3 is 18.9 Å². The number of hydrogen-bond acceptors (Lipinski definition) is 4. The number of hydrogen-bond donors (Lipinski definition) is 0. The van der Waals surface area contributed by atoms with Crippen molar-refractivity contribution >= 4 is 0 Å². The number of methoxy groups -OCH3 is 4. The van der Waals surface area contributed by atoms with Crippen molar-refractivity contribution in [3.05, 3.63) is 0 Å². The van der Waals surface area contributed by atoms with E-state index >= 15 is 0 Å². The highest BCUT2D eigenvalue weighted by molar-refractivity contribution is 4.83. The quantitative estimate of drug-likeness (QED) is 0.380. The van der Waals surface area contributed by atoms with Gasteiger partial charge in [0, 0.05) is 40.5 Å². The van der Waals surface area contributed by atoms with Gasteiger partial charge in [-0.3, -0.25) is 0 Å².